The minimum atomic E-state index is 0.809. The molecule has 0 bridgehead atoms. The molecule has 0 atom stereocenters. The number of aryl methyl sites for hydroxylation is 2. The monoisotopic (exact) mass is 230 g/mol. The predicted molar refractivity (Wildman–Crippen MR) is 71.0 cm³/mol. The van der Waals surface area contributed by atoms with Crippen LogP contribution in [0.1, 0.15) is 17.8 Å². The van der Waals surface area contributed by atoms with E-state index in [0.717, 1.165) is 36.6 Å². The molecule has 17 heavy (non-hydrogen) atoms. The minimum Gasteiger partial charge on any atom is -0.399 e. The number of nitrogens with one attached hydrogen (secondary N) is 2. The summed E-state index contributed by atoms with van der Waals surface area (Å²) in [6, 6.07) is 5.92. The molecular formula is C13H18N4. The molecule has 0 unspecified atom stereocenters. The maximum Gasteiger partial charge on any atom is 0.106 e. The van der Waals surface area contributed by atoms with E-state index in [1.54, 1.807) is 6.20 Å². The van der Waals surface area contributed by atoms with Crippen LogP contribution in [0.25, 0.3) is 0 Å². The van der Waals surface area contributed by atoms with Gasteiger partial charge in [-0.15, -0.1) is 0 Å². The topological polar surface area (TPSA) is 66.7 Å². The number of hydrogen-bond acceptors (Lipinski definition) is 3. The van der Waals surface area contributed by atoms with Crippen molar-refractivity contribution >= 4 is 11.4 Å². The number of aromatic amines is 1. The first-order valence-corrected chi connectivity index (χ1v) is 5.84. The number of anilines is 2. The highest BCUT2D eigenvalue weighted by atomic mass is 14.9. The van der Waals surface area contributed by atoms with Gasteiger partial charge in [0.05, 0.1) is 0 Å². The molecule has 4 nitrogen and oxygen atoms in total. The molecule has 2 aromatic rings. The first-order valence-electron chi connectivity index (χ1n) is 5.84. The SMILES string of the molecule is Cc1cc(N)ccc1NCCCc1ncc[nH]1. The van der Waals surface area contributed by atoms with Gasteiger partial charge >= 0.3 is 0 Å². The average Bonchev–Trinajstić information content (AvgIpc) is 2.79. The zero-order valence-corrected chi connectivity index (χ0v) is 10.0. The summed E-state index contributed by atoms with van der Waals surface area (Å²) in [5, 5.41) is 3.41. The predicted octanol–water partition coefficient (Wildman–Crippen LogP) is 2.35. The quantitative estimate of drug-likeness (QED) is 0.545. The molecule has 0 fully saturated rings. The molecular weight excluding hydrogens is 212 g/mol. The van der Waals surface area contributed by atoms with Crippen molar-refractivity contribution in [1.29, 1.82) is 0 Å². The second-order valence-corrected chi connectivity index (χ2v) is 4.14. The molecule has 90 valence electrons. The number of rotatable bonds is 5. The van der Waals surface area contributed by atoms with Gasteiger partial charge in [0.2, 0.25) is 0 Å². The molecule has 0 aliphatic rings. The maximum atomic E-state index is 5.71. The van der Waals surface area contributed by atoms with Crippen LogP contribution in [0.3, 0.4) is 0 Å². The fourth-order valence-electron chi connectivity index (χ4n) is 1.80. The van der Waals surface area contributed by atoms with Crippen LogP contribution in [0, 0.1) is 6.92 Å². The highest BCUT2D eigenvalue weighted by molar-refractivity contribution is 5.57. The summed E-state index contributed by atoms with van der Waals surface area (Å²) in [5.74, 6) is 1.04. The van der Waals surface area contributed by atoms with Crippen molar-refractivity contribution < 1.29 is 0 Å². The molecule has 4 N–H and O–H groups in total. The van der Waals surface area contributed by atoms with Gasteiger partial charge in [-0.25, -0.2) is 4.98 Å². The number of aromatic nitrogens is 2. The van der Waals surface area contributed by atoms with Gasteiger partial charge in [-0.1, -0.05) is 0 Å². The van der Waals surface area contributed by atoms with Crippen LogP contribution >= 0.6 is 0 Å². The number of H-pyrrole nitrogens is 1. The Hall–Kier alpha value is -1.97. The molecule has 0 saturated heterocycles. The highest BCUT2D eigenvalue weighted by Crippen LogP contribution is 2.17. The molecule has 1 aromatic heterocycles. The zero-order chi connectivity index (χ0) is 12.1. The molecule has 1 heterocycles. The lowest BCUT2D eigenvalue weighted by Gasteiger charge is -2.09. The Labute approximate surface area is 101 Å². The lowest BCUT2D eigenvalue weighted by atomic mass is 10.1. The third kappa shape index (κ3) is 3.24. The lowest BCUT2D eigenvalue weighted by molar-refractivity contribution is 0.816. The van der Waals surface area contributed by atoms with Gasteiger partial charge in [-0.3, -0.25) is 0 Å². The van der Waals surface area contributed by atoms with Crippen molar-refractivity contribution in [3.63, 3.8) is 0 Å². The van der Waals surface area contributed by atoms with E-state index in [1.807, 2.05) is 24.4 Å². The average molecular weight is 230 g/mol. The van der Waals surface area contributed by atoms with Crippen molar-refractivity contribution in [2.75, 3.05) is 17.6 Å². The van der Waals surface area contributed by atoms with Crippen LogP contribution in [-0.4, -0.2) is 16.5 Å². The smallest absolute Gasteiger partial charge is 0.106 e. The Morgan fingerprint density at radius 2 is 2.29 bits per heavy atom. The number of nitrogen functional groups attached to an aromatic ring is 1. The van der Waals surface area contributed by atoms with Gasteiger partial charge in [-0.05, 0) is 37.1 Å². The van der Waals surface area contributed by atoms with Crippen LogP contribution in [0.4, 0.5) is 11.4 Å². The molecule has 0 saturated carbocycles. The summed E-state index contributed by atoms with van der Waals surface area (Å²) in [6.07, 6.45) is 5.66. The molecule has 0 aliphatic carbocycles. The van der Waals surface area contributed by atoms with Crippen LogP contribution in [0.2, 0.25) is 0 Å². The van der Waals surface area contributed by atoms with Gasteiger partial charge in [0, 0.05) is 36.7 Å². The number of nitrogens with zero attached hydrogens (tertiary/aromatic N) is 1. The van der Waals surface area contributed by atoms with Gasteiger partial charge in [0.25, 0.3) is 0 Å². The van der Waals surface area contributed by atoms with E-state index in [1.165, 1.54) is 5.56 Å². The van der Waals surface area contributed by atoms with E-state index < -0.39 is 0 Å². The van der Waals surface area contributed by atoms with E-state index in [4.69, 9.17) is 5.73 Å². The van der Waals surface area contributed by atoms with E-state index in [0.29, 0.717) is 0 Å². The third-order valence-electron chi connectivity index (χ3n) is 2.71. The van der Waals surface area contributed by atoms with Crippen molar-refractivity contribution in [3.05, 3.63) is 42.0 Å². The number of nitrogens with two attached hydrogens (primary N) is 1. The Morgan fingerprint density at radius 3 is 3.00 bits per heavy atom. The van der Waals surface area contributed by atoms with E-state index in [9.17, 15) is 0 Å². The molecule has 4 heteroatoms. The van der Waals surface area contributed by atoms with Crippen molar-refractivity contribution in [2.45, 2.75) is 19.8 Å². The second-order valence-electron chi connectivity index (χ2n) is 4.14. The lowest BCUT2D eigenvalue weighted by Crippen LogP contribution is -2.05. The molecule has 0 amide bonds. The van der Waals surface area contributed by atoms with Crippen molar-refractivity contribution in [3.8, 4) is 0 Å². The second kappa shape index (κ2) is 5.39. The number of hydrogen-bond donors (Lipinski definition) is 3. The normalized spacial score (nSPS) is 10.4. The Balaban J connectivity index is 1.78. The summed E-state index contributed by atoms with van der Waals surface area (Å²) >= 11 is 0. The maximum absolute atomic E-state index is 5.71. The van der Waals surface area contributed by atoms with Crippen molar-refractivity contribution in [2.24, 2.45) is 0 Å². The molecule has 1 aromatic carbocycles. The summed E-state index contributed by atoms with van der Waals surface area (Å²) in [7, 11) is 0. The van der Waals surface area contributed by atoms with Gasteiger partial charge in [0.1, 0.15) is 5.82 Å². The third-order valence-corrected chi connectivity index (χ3v) is 2.71. The Bertz CT molecular complexity index is 462. The summed E-state index contributed by atoms with van der Waals surface area (Å²) in [5.41, 5.74) is 8.85. The molecule has 0 radical (unpaired) electrons. The van der Waals surface area contributed by atoms with E-state index in [2.05, 4.69) is 22.2 Å². The minimum absolute atomic E-state index is 0.809. The fourth-order valence-corrected chi connectivity index (χ4v) is 1.80. The fraction of sp³-hybridized carbons (Fsp3) is 0.308. The zero-order valence-electron chi connectivity index (χ0n) is 10.0. The number of imidazole rings is 1. The summed E-state index contributed by atoms with van der Waals surface area (Å²) < 4.78 is 0. The first-order chi connectivity index (χ1) is 8.25. The van der Waals surface area contributed by atoms with E-state index >= 15 is 0 Å². The van der Waals surface area contributed by atoms with Gasteiger partial charge in [0.15, 0.2) is 0 Å². The van der Waals surface area contributed by atoms with E-state index in [-0.39, 0.29) is 0 Å². The van der Waals surface area contributed by atoms with Crippen molar-refractivity contribution in [1.82, 2.24) is 9.97 Å². The molecule has 0 spiro atoms. The van der Waals surface area contributed by atoms with Crippen LogP contribution in [0.15, 0.2) is 30.6 Å². The molecule has 2 rings (SSSR count). The van der Waals surface area contributed by atoms with Crippen LogP contribution < -0.4 is 11.1 Å². The van der Waals surface area contributed by atoms with Gasteiger partial charge in [-0.2, -0.15) is 0 Å². The largest absolute Gasteiger partial charge is 0.399 e. The van der Waals surface area contributed by atoms with Crippen LogP contribution in [-0.2, 0) is 6.42 Å². The first kappa shape index (κ1) is 11.5. The highest BCUT2D eigenvalue weighted by Gasteiger charge is 1.98. The number of benzene rings is 1. The van der Waals surface area contributed by atoms with Crippen LogP contribution in [0.5, 0.6) is 0 Å². The standard InChI is InChI=1S/C13H18N4/c1-10-9-11(14)4-5-12(10)15-6-2-3-13-16-7-8-17-13/h4-5,7-9,15H,2-3,6,14H2,1H3,(H,16,17). The Morgan fingerprint density at radius 1 is 1.41 bits per heavy atom. The summed E-state index contributed by atoms with van der Waals surface area (Å²) in [4.78, 5) is 7.29. The molecule has 0 aliphatic heterocycles. The Kier molecular flexibility index (Phi) is 3.65. The summed E-state index contributed by atoms with van der Waals surface area (Å²) in [6.45, 7) is 3.00. The van der Waals surface area contributed by atoms with Gasteiger partial charge < -0.3 is 16.0 Å².